The Labute approximate surface area is 150 Å². The summed E-state index contributed by atoms with van der Waals surface area (Å²) in [6.07, 6.45) is 0.986. The first-order valence-corrected chi connectivity index (χ1v) is 10.2. The smallest absolute Gasteiger partial charge is 0.309 e. The highest BCUT2D eigenvalue weighted by molar-refractivity contribution is 7.89. The van der Waals surface area contributed by atoms with Gasteiger partial charge in [-0.2, -0.15) is 4.31 Å². The van der Waals surface area contributed by atoms with Gasteiger partial charge >= 0.3 is 5.97 Å². The van der Waals surface area contributed by atoms with Crippen LogP contribution in [0.15, 0.2) is 17.0 Å². The number of rotatable bonds is 6. The molecule has 1 saturated heterocycles. The molecule has 7 heteroatoms. The van der Waals surface area contributed by atoms with E-state index in [-0.39, 0.29) is 11.9 Å². The zero-order valence-electron chi connectivity index (χ0n) is 15.4. The summed E-state index contributed by atoms with van der Waals surface area (Å²) < 4.78 is 38.0. The molecule has 0 amide bonds. The number of sulfonamides is 1. The number of benzene rings is 1. The summed E-state index contributed by atoms with van der Waals surface area (Å²) in [5.41, 5.74) is 1.47. The number of ether oxygens (including phenoxy) is 2. The molecule has 0 unspecified atom stereocenters. The van der Waals surface area contributed by atoms with Gasteiger partial charge in [-0.3, -0.25) is 4.79 Å². The first-order valence-electron chi connectivity index (χ1n) is 8.72. The molecule has 25 heavy (non-hydrogen) atoms. The fourth-order valence-electron chi connectivity index (χ4n) is 3.08. The maximum Gasteiger partial charge on any atom is 0.309 e. The SMILES string of the molecule is CCOC(=O)C1CCN(S(=O)(=O)c2cc(C)c(OCC)cc2C)CC1. The van der Waals surface area contributed by atoms with Gasteiger partial charge in [0, 0.05) is 13.1 Å². The molecule has 140 valence electrons. The number of aryl methyl sites for hydroxylation is 2. The number of esters is 1. The van der Waals surface area contributed by atoms with Crippen molar-refractivity contribution >= 4 is 16.0 Å². The van der Waals surface area contributed by atoms with Crippen LogP contribution in [-0.2, 0) is 19.6 Å². The predicted octanol–water partition coefficient (Wildman–Crippen LogP) is 2.67. The fourth-order valence-corrected chi connectivity index (χ4v) is 4.84. The van der Waals surface area contributed by atoms with E-state index in [0.29, 0.717) is 55.4 Å². The van der Waals surface area contributed by atoms with Gasteiger partial charge in [0.05, 0.1) is 24.0 Å². The van der Waals surface area contributed by atoms with E-state index < -0.39 is 10.0 Å². The Kier molecular flexibility index (Phi) is 6.46. The lowest BCUT2D eigenvalue weighted by Gasteiger charge is -2.30. The Morgan fingerprint density at radius 3 is 2.32 bits per heavy atom. The quantitative estimate of drug-likeness (QED) is 0.721. The van der Waals surface area contributed by atoms with E-state index in [2.05, 4.69) is 0 Å². The maximum absolute atomic E-state index is 13.0. The normalized spacial score (nSPS) is 16.6. The third-order valence-corrected chi connectivity index (χ3v) is 6.50. The first-order chi connectivity index (χ1) is 11.8. The van der Waals surface area contributed by atoms with Crippen molar-refractivity contribution in [3.05, 3.63) is 23.3 Å². The third kappa shape index (κ3) is 4.33. The van der Waals surface area contributed by atoms with Crippen LogP contribution in [0.2, 0.25) is 0 Å². The summed E-state index contributed by atoms with van der Waals surface area (Å²) in [5, 5.41) is 0. The summed E-state index contributed by atoms with van der Waals surface area (Å²) in [6.45, 7) is 8.84. The minimum Gasteiger partial charge on any atom is -0.494 e. The van der Waals surface area contributed by atoms with Crippen LogP contribution < -0.4 is 4.74 Å². The van der Waals surface area contributed by atoms with Crippen LogP contribution in [0.4, 0.5) is 0 Å². The van der Waals surface area contributed by atoms with E-state index in [1.165, 1.54) is 4.31 Å². The van der Waals surface area contributed by atoms with Gasteiger partial charge in [0.1, 0.15) is 5.75 Å². The average molecular weight is 369 g/mol. The van der Waals surface area contributed by atoms with Crippen LogP contribution in [0.1, 0.15) is 37.8 Å². The molecule has 1 fully saturated rings. The molecule has 1 aliphatic rings. The Bertz CT molecular complexity index is 721. The zero-order valence-corrected chi connectivity index (χ0v) is 16.2. The Morgan fingerprint density at radius 2 is 1.76 bits per heavy atom. The van der Waals surface area contributed by atoms with Crippen molar-refractivity contribution in [2.75, 3.05) is 26.3 Å². The second-order valence-corrected chi connectivity index (χ2v) is 8.15. The van der Waals surface area contributed by atoms with E-state index in [1.807, 2.05) is 13.8 Å². The topological polar surface area (TPSA) is 72.9 Å². The monoisotopic (exact) mass is 369 g/mol. The molecule has 0 aromatic heterocycles. The summed E-state index contributed by atoms with van der Waals surface area (Å²) >= 11 is 0. The molecule has 6 nitrogen and oxygen atoms in total. The molecular formula is C18H27NO5S. The number of nitrogens with zero attached hydrogens (tertiary/aromatic N) is 1. The van der Waals surface area contributed by atoms with Crippen LogP contribution in [0.5, 0.6) is 5.75 Å². The van der Waals surface area contributed by atoms with E-state index in [4.69, 9.17) is 9.47 Å². The van der Waals surface area contributed by atoms with Gasteiger partial charge in [0.25, 0.3) is 0 Å². The molecule has 2 rings (SSSR count). The Hall–Kier alpha value is -1.60. The lowest BCUT2D eigenvalue weighted by Crippen LogP contribution is -2.40. The highest BCUT2D eigenvalue weighted by Crippen LogP contribution is 2.30. The highest BCUT2D eigenvalue weighted by Gasteiger charge is 2.33. The van der Waals surface area contributed by atoms with Gasteiger partial charge in [0.15, 0.2) is 0 Å². The number of hydrogen-bond acceptors (Lipinski definition) is 5. The van der Waals surface area contributed by atoms with Crippen molar-refractivity contribution in [3.63, 3.8) is 0 Å². The number of carbonyl (C=O) groups is 1. The number of carbonyl (C=O) groups excluding carboxylic acids is 1. The molecule has 0 radical (unpaired) electrons. The van der Waals surface area contributed by atoms with Crippen molar-refractivity contribution < 1.29 is 22.7 Å². The van der Waals surface area contributed by atoms with Gasteiger partial charge in [-0.05, 0) is 63.8 Å². The van der Waals surface area contributed by atoms with Crippen LogP contribution in [0, 0.1) is 19.8 Å². The van der Waals surface area contributed by atoms with E-state index in [9.17, 15) is 13.2 Å². The molecule has 1 aliphatic heterocycles. The van der Waals surface area contributed by atoms with Gasteiger partial charge in [0.2, 0.25) is 10.0 Å². The average Bonchev–Trinajstić information content (AvgIpc) is 2.58. The molecule has 0 aliphatic carbocycles. The molecule has 1 heterocycles. The van der Waals surface area contributed by atoms with Crippen molar-refractivity contribution in [1.29, 1.82) is 0 Å². The minimum absolute atomic E-state index is 0.213. The minimum atomic E-state index is -3.58. The molecule has 1 aromatic rings. The van der Waals surface area contributed by atoms with Gasteiger partial charge < -0.3 is 9.47 Å². The first kappa shape index (κ1) is 19.7. The summed E-state index contributed by atoms with van der Waals surface area (Å²) in [6, 6.07) is 3.45. The standard InChI is InChI=1S/C18H27NO5S/c1-5-23-16-11-14(4)17(12-13(16)3)25(21,22)19-9-7-15(8-10-19)18(20)24-6-2/h11-12,15H,5-10H2,1-4H3. The molecule has 0 saturated carbocycles. The largest absolute Gasteiger partial charge is 0.494 e. The lowest BCUT2D eigenvalue weighted by atomic mass is 9.98. The summed E-state index contributed by atoms with van der Waals surface area (Å²) in [4.78, 5) is 12.1. The van der Waals surface area contributed by atoms with Gasteiger partial charge in [-0.1, -0.05) is 0 Å². The van der Waals surface area contributed by atoms with E-state index in [1.54, 1.807) is 26.0 Å². The van der Waals surface area contributed by atoms with E-state index >= 15 is 0 Å². The molecule has 0 N–H and O–H groups in total. The van der Waals surface area contributed by atoms with Crippen molar-refractivity contribution in [2.45, 2.75) is 45.4 Å². The second-order valence-electron chi connectivity index (χ2n) is 6.25. The highest BCUT2D eigenvalue weighted by atomic mass is 32.2. The molecule has 0 atom stereocenters. The number of hydrogen-bond donors (Lipinski definition) is 0. The summed E-state index contributed by atoms with van der Waals surface area (Å²) in [5.74, 6) is 0.266. The van der Waals surface area contributed by atoms with Crippen molar-refractivity contribution in [3.8, 4) is 5.75 Å². The Balaban J connectivity index is 2.17. The van der Waals surface area contributed by atoms with Gasteiger partial charge in [-0.25, -0.2) is 8.42 Å². The maximum atomic E-state index is 13.0. The van der Waals surface area contributed by atoms with Gasteiger partial charge in [-0.15, -0.1) is 0 Å². The van der Waals surface area contributed by atoms with Crippen LogP contribution in [0.3, 0.4) is 0 Å². The second kappa shape index (κ2) is 8.19. The van der Waals surface area contributed by atoms with Crippen molar-refractivity contribution in [2.24, 2.45) is 5.92 Å². The molecule has 0 bridgehead atoms. The van der Waals surface area contributed by atoms with Crippen molar-refractivity contribution in [1.82, 2.24) is 4.31 Å². The van der Waals surface area contributed by atoms with E-state index in [0.717, 1.165) is 5.56 Å². The van der Waals surface area contributed by atoms with Crippen LogP contribution in [-0.4, -0.2) is 45.0 Å². The third-order valence-electron chi connectivity index (χ3n) is 4.46. The molecule has 1 aromatic carbocycles. The fraction of sp³-hybridized carbons (Fsp3) is 0.611. The van der Waals surface area contributed by atoms with Crippen LogP contribution in [0.25, 0.3) is 0 Å². The predicted molar refractivity (Wildman–Crippen MR) is 95.2 cm³/mol. The lowest BCUT2D eigenvalue weighted by molar-refractivity contribution is -0.149. The summed E-state index contributed by atoms with van der Waals surface area (Å²) in [7, 11) is -3.58. The van der Waals surface area contributed by atoms with Crippen LogP contribution >= 0.6 is 0 Å². The molecular weight excluding hydrogens is 342 g/mol. The zero-order chi connectivity index (χ0) is 18.6. The number of piperidine rings is 1. The molecule has 0 spiro atoms. The Morgan fingerprint density at radius 1 is 1.12 bits per heavy atom.